The SMILES string of the molecule is NC(=O)C(O)CNc1cc2ccccc2c(=O)[nH]1. The van der Waals surface area contributed by atoms with E-state index in [1.165, 1.54) is 0 Å². The topological polar surface area (TPSA) is 108 Å². The normalized spacial score (nSPS) is 12.3. The number of primary amides is 1. The summed E-state index contributed by atoms with van der Waals surface area (Å²) in [6.45, 7) is -0.0520. The number of hydrogen-bond acceptors (Lipinski definition) is 4. The fourth-order valence-electron chi connectivity index (χ4n) is 1.61. The monoisotopic (exact) mass is 247 g/mol. The summed E-state index contributed by atoms with van der Waals surface area (Å²) >= 11 is 0. The molecule has 1 amide bonds. The molecule has 1 unspecified atom stereocenters. The number of aliphatic hydroxyl groups is 1. The summed E-state index contributed by atoms with van der Waals surface area (Å²) < 4.78 is 0. The summed E-state index contributed by atoms with van der Waals surface area (Å²) in [6, 6.07) is 8.85. The van der Waals surface area contributed by atoms with Crippen LogP contribution in [0.25, 0.3) is 10.8 Å². The van der Waals surface area contributed by atoms with Gasteiger partial charge >= 0.3 is 0 Å². The lowest BCUT2D eigenvalue weighted by molar-refractivity contribution is -0.125. The van der Waals surface area contributed by atoms with Gasteiger partial charge in [0.2, 0.25) is 5.91 Å². The lowest BCUT2D eigenvalue weighted by Crippen LogP contribution is -2.34. The van der Waals surface area contributed by atoms with Gasteiger partial charge in [0.05, 0.1) is 6.54 Å². The number of aliphatic hydroxyl groups excluding tert-OH is 1. The van der Waals surface area contributed by atoms with Crippen LogP contribution in [0.1, 0.15) is 0 Å². The number of carbonyl (C=O) groups is 1. The average Bonchev–Trinajstić information content (AvgIpc) is 2.36. The molecule has 5 N–H and O–H groups in total. The third-order valence-corrected chi connectivity index (χ3v) is 2.57. The van der Waals surface area contributed by atoms with E-state index in [9.17, 15) is 14.7 Å². The number of aromatic nitrogens is 1. The maximum atomic E-state index is 11.7. The Balaban J connectivity index is 2.25. The first kappa shape index (κ1) is 12.1. The molecule has 0 aliphatic heterocycles. The van der Waals surface area contributed by atoms with Crippen LogP contribution in [0.4, 0.5) is 5.82 Å². The molecule has 0 spiro atoms. The zero-order chi connectivity index (χ0) is 13.1. The summed E-state index contributed by atoms with van der Waals surface area (Å²) in [7, 11) is 0. The van der Waals surface area contributed by atoms with Gasteiger partial charge in [0.25, 0.3) is 5.56 Å². The smallest absolute Gasteiger partial charge is 0.257 e. The Morgan fingerprint density at radius 3 is 2.89 bits per heavy atom. The fourth-order valence-corrected chi connectivity index (χ4v) is 1.61. The van der Waals surface area contributed by atoms with Gasteiger partial charge in [-0.3, -0.25) is 9.59 Å². The van der Waals surface area contributed by atoms with Crippen molar-refractivity contribution in [3.8, 4) is 0 Å². The number of amides is 1. The van der Waals surface area contributed by atoms with Crippen molar-refractivity contribution in [3.05, 3.63) is 40.7 Å². The fraction of sp³-hybridized carbons (Fsp3) is 0.167. The van der Waals surface area contributed by atoms with E-state index in [-0.39, 0.29) is 12.1 Å². The predicted octanol–water partition coefficient (Wildman–Crippen LogP) is -0.214. The van der Waals surface area contributed by atoms with Crippen molar-refractivity contribution in [2.75, 3.05) is 11.9 Å². The second-order valence-electron chi connectivity index (χ2n) is 3.90. The van der Waals surface area contributed by atoms with Gasteiger partial charge in [-0.2, -0.15) is 0 Å². The van der Waals surface area contributed by atoms with Crippen molar-refractivity contribution in [2.24, 2.45) is 5.73 Å². The first-order valence-corrected chi connectivity index (χ1v) is 5.41. The number of aromatic amines is 1. The van der Waals surface area contributed by atoms with Crippen LogP contribution in [0.3, 0.4) is 0 Å². The zero-order valence-corrected chi connectivity index (χ0v) is 9.51. The molecule has 2 aromatic rings. The molecular weight excluding hydrogens is 234 g/mol. The van der Waals surface area contributed by atoms with Gasteiger partial charge in [-0.15, -0.1) is 0 Å². The number of carbonyl (C=O) groups excluding carboxylic acids is 1. The minimum atomic E-state index is -1.29. The summed E-state index contributed by atoms with van der Waals surface area (Å²) in [5.74, 6) is -0.385. The Hall–Kier alpha value is -2.34. The zero-order valence-electron chi connectivity index (χ0n) is 9.51. The molecule has 0 radical (unpaired) electrons. The molecular formula is C12H13N3O3. The summed E-state index contributed by atoms with van der Waals surface area (Å²) in [5, 5.41) is 13.4. The van der Waals surface area contributed by atoms with E-state index in [1.54, 1.807) is 24.3 Å². The lowest BCUT2D eigenvalue weighted by Gasteiger charge is -2.10. The van der Waals surface area contributed by atoms with Crippen molar-refractivity contribution < 1.29 is 9.90 Å². The Morgan fingerprint density at radius 2 is 2.17 bits per heavy atom. The molecule has 94 valence electrons. The third kappa shape index (κ3) is 2.49. The van der Waals surface area contributed by atoms with Crippen LogP contribution >= 0.6 is 0 Å². The summed E-state index contributed by atoms with van der Waals surface area (Å²) in [6.07, 6.45) is -1.29. The van der Waals surface area contributed by atoms with Crippen molar-refractivity contribution in [3.63, 3.8) is 0 Å². The highest BCUT2D eigenvalue weighted by Crippen LogP contribution is 2.12. The number of hydrogen-bond donors (Lipinski definition) is 4. The van der Waals surface area contributed by atoms with Crippen molar-refractivity contribution in [1.82, 2.24) is 4.98 Å². The van der Waals surface area contributed by atoms with E-state index in [0.29, 0.717) is 11.2 Å². The summed E-state index contributed by atoms with van der Waals surface area (Å²) in [5.41, 5.74) is 4.69. The van der Waals surface area contributed by atoms with Gasteiger partial charge in [0.1, 0.15) is 11.9 Å². The van der Waals surface area contributed by atoms with Crippen LogP contribution in [-0.2, 0) is 4.79 Å². The van der Waals surface area contributed by atoms with Gasteiger partial charge in [-0.1, -0.05) is 18.2 Å². The van der Waals surface area contributed by atoms with Gasteiger partial charge in [-0.05, 0) is 17.5 Å². The molecule has 0 aliphatic carbocycles. The van der Waals surface area contributed by atoms with Crippen LogP contribution < -0.4 is 16.6 Å². The van der Waals surface area contributed by atoms with Gasteiger partial charge in [0, 0.05) is 5.39 Å². The molecule has 0 aliphatic rings. The lowest BCUT2D eigenvalue weighted by atomic mass is 10.2. The number of pyridine rings is 1. The number of nitrogens with one attached hydrogen (secondary N) is 2. The standard InChI is InChI=1S/C12H13N3O3/c13-11(17)9(16)6-14-10-5-7-3-1-2-4-8(7)12(18)15-10/h1-5,9,16H,6H2,(H2,13,17)(H2,14,15,18). The molecule has 1 aromatic heterocycles. The Labute approximate surface area is 102 Å². The van der Waals surface area contributed by atoms with Crippen molar-refractivity contribution in [1.29, 1.82) is 0 Å². The number of H-pyrrole nitrogens is 1. The molecule has 1 atom stereocenters. The van der Waals surface area contributed by atoms with E-state index in [2.05, 4.69) is 10.3 Å². The number of rotatable bonds is 4. The van der Waals surface area contributed by atoms with E-state index in [1.807, 2.05) is 6.07 Å². The molecule has 1 aromatic carbocycles. The van der Waals surface area contributed by atoms with Gasteiger partial charge in [0.15, 0.2) is 0 Å². The molecule has 2 rings (SSSR count). The molecule has 1 heterocycles. The van der Waals surface area contributed by atoms with E-state index in [0.717, 1.165) is 5.39 Å². The largest absolute Gasteiger partial charge is 0.381 e. The Bertz CT molecular complexity index is 636. The second kappa shape index (κ2) is 4.89. The second-order valence-corrected chi connectivity index (χ2v) is 3.90. The molecule has 0 fully saturated rings. The van der Waals surface area contributed by atoms with Crippen LogP contribution in [0.5, 0.6) is 0 Å². The average molecular weight is 247 g/mol. The molecule has 18 heavy (non-hydrogen) atoms. The minimum absolute atomic E-state index is 0.0520. The third-order valence-electron chi connectivity index (χ3n) is 2.57. The minimum Gasteiger partial charge on any atom is -0.381 e. The van der Waals surface area contributed by atoms with Crippen LogP contribution in [0.2, 0.25) is 0 Å². The van der Waals surface area contributed by atoms with Gasteiger partial charge in [-0.25, -0.2) is 0 Å². The van der Waals surface area contributed by atoms with Crippen molar-refractivity contribution in [2.45, 2.75) is 6.10 Å². The molecule has 0 saturated heterocycles. The maximum absolute atomic E-state index is 11.7. The molecule has 0 saturated carbocycles. The maximum Gasteiger partial charge on any atom is 0.257 e. The van der Waals surface area contributed by atoms with E-state index in [4.69, 9.17) is 5.73 Å². The van der Waals surface area contributed by atoms with E-state index < -0.39 is 12.0 Å². The molecule has 6 heteroatoms. The predicted molar refractivity (Wildman–Crippen MR) is 68.3 cm³/mol. The van der Waals surface area contributed by atoms with Crippen LogP contribution in [0.15, 0.2) is 35.1 Å². The number of benzene rings is 1. The summed E-state index contributed by atoms with van der Waals surface area (Å²) in [4.78, 5) is 25.0. The Morgan fingerprint density at radius 1 is 1.44 bits per heavy atom. The molecule has 6 nitrogen and oxygen atoms in total. The highest BCUT2D eigenvalue weighted by Gasteiger charge is 2.10. The number of nitrogens with two attached hydrogens (primary N) is 1. The van der Waals surface area contributed by atoms with Crippen molar-refractivity contribution >= 4 is 22.5 Å². The first-order valence-electron chi connectivity index (χ1n) is 5.41. The van der Waals surface area contributed by atoms with Gasteiger partial charge < -0.3 is 21.1 Å². The highest BCUT2D eigenvalue weighted by atomic mass is 16.3. The first-order chi connectivity index (χ1) is 8.58. The highest BCUT2D eigenvalue weighted by molar-refractivity contribution is 5.84. The van der Waals surface area contributed by atoms with E-state index >= 15 is 0 Å². The number of anilines is 1. The number of fused-ring (bicyclic) bond motifs is 1. The Kier molecular flexibility index (Phi) is 3.29. The van der Waals surface area contributed by atoms with Crippen LogP contribution in [-0.4, -0.2) is 28.6 Å². The van der Waals surface area contributed by atoms with Crippen LogP contribution in [0, 0.1) is 0 Å². The molecule has 0 bridgehead atoms. The quantitative estimate of drug-likeness (QED) is 0.599.